The fraction of sp³-hybridized carbons (Fsp3) is 0.611. The molecule has 2 aromatic heterocycles. The summed E-state index contributed by atoms with van der Waals surface area (Å²) < 4.78 is 7.59. The van der Waals surface area contributed by atoms with Crippen LogP contribution in [-0.2, 0) is 11.8 Å². The van der Waals surface area contributed by atoms with Gasteiger partial charge in [-0.2, -0.15) is 5.10 Å². The summed E-state index contributed by atoms with van der Waals surface area (Å²) in [5, 5.41) is 11.4. The summed E-state index contributed by atoms with van der Waals surface area (Å²) in [7, 11) is 1.87. The van der Waals surface area contributed by atoms with E-state index in [9.17, 15) is 4.79 Å². The van der Waals surface area contributed by atoms with E-state index in [1.165, 1.54) is 6.42 Å². The zero-order chi connectivity index (χ0) is 17.6. The van der Waals surface area contributed by atoms with Crippen LogP contribution in [0, 0.1) is 12.3 Å². The summed E-state index contributed by atoms with van der Waals surface area (Å²) in [6.07, 6.45) is 6.39. The molecule has 0 aliphatic heterocycles. The molecule has 7 heteroatoms. The fourth-order valence-corrected chi connectivity index (χ4v) is 4.34. The van der Waals surface area contributed by atoms with Crippen molar-refractivity contribution in [2.24, 2.45) is 12.5 Å². The zero-order valence-electron chi connectivity index (χ0n) is 15.0. The third kappa shape index (κ3) is 2.57. The van der Waals surface area contributed by atoms with Crippen LogP contribution in [0.3, 0.4) is 0 Å². The summed E-state index contributed by atoms with van der Waals surface area (Å²) in [4.78, 5) is 16.8. The second kappa shape index (κ2) is 5.98. The fourth-order valence-electron chi connectivity index (χ4n) is 4.34. The number of anilines is 1. The van der Waals surface area contributed by atoms with Gasteiger partial charge in [-0.25, -0.2) is 9.78 Å². The number of amides is 2. The molecule has 0 saturated heterocycles. The van der Waals surface area contributed by atoms with Crippen LogP contribution in [0.4, 0.5) is 10.5 Å². The number of carbonyl (C=O) groups is 1. The Labute approximate surface area is 147 Å². The Bertz CT molecular complexity index is 811. The Hall–Kier alpha value is -2.15. The topological polar surface area (TPSA) is 81.1 Å². The van der Waals surface area contributed by atoms with Crippen molar-refractivity contribution in [2.45, 2.75) is 51.7 Å². The lowest BCUT2D eigenvalue weighted by atomic mass is 9.51. The number of urea groups is 1. The van der Waals surface area contributed by atoms with Crippen molar-refractivity contribution in [3.05, 3.63) is 18.0 Å². The summed E-state index contributed by atoms with van der Waals surface area (Å²) in [5.74, 6) is 0. The molecule has 1 spiro atoms. The first-order chi connectivity index (χ1) is 12.0. The maximum atomic E-state index is 12.4. The van der Waals surface area contributed by atoms with Gasteiger partial charge in [0.1, 0.15) is 0 Å². The van der Waals surface area contributed by atoms with E-state index < -0.39 is 0 Å². The van der Waals surface area contributed by atoms with Crippen LogP contribution in [0.1, 0.15) is 38.3 Å². The molecular formula is C18H25N5O2. The highest BCUT2D eigenvalue weighted by Gasteiger charge is 2.59. The molecule has 0 unspecified atom stereocenters. The summed E-state index contributed by atoms with van der Waals surface area (Å²) in [6, 6.07) is 1.95. The zero-order valence-corrected chi connectivity index (χ0v) is 15.0. The van der Waals surface area contributed by atoms with E-state index in [-0.39, 0.29) is 17.5 Å². The Kier molecular flexibility index (Phi) is 3.91. The first kappa shape index (κ1) is 16.3. The molecule has 2 aliphatic carbocycles. The smallest absolute Gasteiger partial charge is 0.319 e. The number of hydrogen-bond donors (Lipinski definition) is 2. The van der Waals surface area contributed by atoms with E-state index in [1.54, 1.807) is 10.9 Å². The van der Waals surface area contributed by atoms with Crippen molar-refractivity contribution in [3.63, 3.8) is 0 Å². The van der Waals surface area contributed by atoms with Gasteiger partial charge in [0.25, 0.3) is 0 Å². The number of fused-ring (bicyclic) bond motifs is 1. The van der Waals surface area contributed by atoms with Crippen molar-refractivity contribution >= 4 is 22.8 Å². The molecule has 2 atom stereocenters. The van der Waals surface area contributed by atoms with Crippen LogP contribution < -0.4 is 10.6 Å². The Balaban J connectivity index is 1.42. The predicted octanol–water partition coefficient (Wildman–Crippen LogP) is 2.75. The second-order valence-corrected chi connectivity index (χ2v) is 7.22. The number of pyridine rings is 1. The number of nitrogens with zero attached hydrogens (tertiary/aromatic N) is 3. The van der Waals surface area contributed by atoms with Crippen molar-refractivity contribution in [3.8, 4) is 0 Å². The molecule has 4 rings (SSSR count). The quantitative estimate of drug-likeness (QED) is 0.894. The van der Waals surface area contributed by atoms with E-state index in [4.69, 9.17) is 4.74 Å². The van der Waals surface area contributed by atoms with Crippen LogP contribution in [-0.4, -0.2) is 39.5 Å². The summed E-state index contributed by atoms with van der Waals surface area (Å²) >= 11 is 0. The number of ether oxygens (including phenoxy) is 1. The van der Waals surface area contributed by atoms with Gasteiger partial charge in [-0.3, -0.25) is 4.68 Å². The Morgan fingerprint density at radius 2 is 2.28 bits per heavy atom. The van der Waals surface area contributed by atoms with E-state index >= 15 is 0 Å². The van der Waals surface area contributed by atoms with Gasteiger partial charge in [0, 0.05) is 30.5 Å². The lowest BCUT2D eigenvalue weighted by Gasteiger charge is -2.60. The molecule has 2 fully saturated rings. The maximum Gasteiger partial charge on any atom is 0.319 e. The molecule has 2 heterocycles. The van der Waals surface area contributed by atoms with Gasteiger partial charge in [-0.1, -0.05) is 6.42 Å². The Morgan fingerprint density at radius 3 is 2.96 bits per heavy atom. The van der Waals surface area contributed by atoms with Gasteiger partial charge >= 0.3 is 6.03 Å². The minimum Gasteiger partial charge on any atom is -0.378 e. The average Bonchev–Trinajstić information content (AvgIpc) is 2.79. The second-order valence-electron chi connectivity index (χ2n) is 7.22. The minimum absolute atomic E-state index is 0.162. The van der Waals surface area contributed by atoms with E-state index in [0.29, 0.717) is 11.8 Å². The van der Waals surface area contributed by atoms with Crippen LogP contribution in [0.25, 0.3) is 11.0 Å². The number of nitrogens with one attached hydrogen (secondary N) is 2. The third-order valence-corrected chi connectivity index (χ3v) is 5.86. The van der Waals surface area contributed by atoms with Crippen molar-refractivity contribution in [1.29, 1.82) is 0 Å². The third-order valence-electron chi connectivity index (χ3n) is 5.86. The highest BCUT2D eigenvalue weighted by atomic mass is 16.5. The van der Waals surface area contributed by atoms with Crippen molar-refractivity contribution < 1.29 is 9.53 Å². The van der Waals surface area contributed by atoms with Gasteiger partial charge in [-0.15, -0.1) is 0 Å². The molecule has 134 valence electrons. The van der Waals surface area contributed by atoms with Crippen LogP contribution in [0.2, 0.25) is 0 Å². The number of aromatic nitrogens is 3. The number of hydrogen-bond acceptors (Lipinski definition) is 4. The first-order valence-electron chi connectivity index (χ1n) is 9.02. The molecule has 2 N–H and O–H groups in total. The van der Waals surface area contributed by atoms with E-state index in [1.807, 2.05) is 27.0 Å². The van der Waals surface area contributed by atoms with Crippen LogP contribution >= 0.6 is 0 Å². The molecule has 25 heavy (non-hydrogen) atoms. The van der Waals surface area contributed by atoms with Gasteiger partial charge in [0.15, 0.2) is 5.65 Å². The van der Waals surface area contributed by atoms with Gasteiger partial charge in [0.05, 0.1) is 23.7 Å². The van der Waals surface area contributed by atoms with Gasteiger partial charge in [0.2, 0.25) is 0 Å². The Morgan fingerprint density at radius 1 is 1.48 bits per heavy atom. The number of carbonyl (C=O) groups excluding carboxylic acids is 1. The van der Waals surface area contributed by atoms with Crippen molar-refractivity contribution in [2.75, 3.05) is 11.9 Å². The van der Waals surface area contributed by atoms with Gasteiger partial charge < -0.3 is 15.4 Å². The molecule has 0 bridgehead atoms. The lowest BCUT2D eigenvalue weighted by Crippen LogP contribution is -2.68. The molecule has 2 saturated carbocycles. The van der Waals surface area contributed by atoms with E-state index in [0.717, 1.165) is 42.6 Å². The highest BCUT2D eigenvalue weighted by molar-refractivity contribution is 5.92. The van der Waals surface area contributed by atoms with E-state index in [2.05, 4.69) is 20.7 Å². The largest absolute Gasteiger partial charge is 0.378 e. The normalized spacial score (nSPS) is 24.0. The van der Waals surface area contributed by atoms with Crippen LogP contribution in [0.5, 0.6) is 0 Å². The van der Waals surface area contributed by atoms with Gasteiger partial charge in [-0.05, 0) is 39.2 Å². The highest BCUT2D eigenvalue weighted by Crippen LogP contribution is 2.57. The molecule has 0 aromatic carbocycles. The standard InChI is InChI=1S/C18H25N5O2/c1-4-25-15-9-14(18(15)6-5-7-18)21-17(24)20-12-8-13-11(2)22-23(3)16(13)19-10-12/h8,10,14-15H,4-7,9H2,1-3H3,(H2,20,21,24)/t14-,15+/m0/s1. The lowest BCUT2D eigenvalue weighted by molar-refractivity contribution is -0.169. The average molecular weight is 343 g/mol. The summed E-state index contributed by atoms with van der Waals surface area (Å²) in [5.41, 5.74) is 2.57. The predicted molar refractivity (Wildman–Crippen MR) is 95.5 cm³/mol. The molecular weight excluding hydrogens is 318 g/mol. The summed E-state index contributed by atoms with van der Waals surface area (Å²) in [6.45, 7) is 4.71. The number of aryl methyl sites for hydroxylation is 2. The first-order valence-corrected chi connectivity index (χ1v) is 9.02. The van der Waals surface area contributed by atoms with Crippen molar-refractivity contribution in [1.82, 2.24) is 20.1 Å². The maximum absolute atomic E-state index is 12.4. The molecule has 2 aromatic rings. The molecule has 0 radical (unpaired) electrons. The molecule has 2 amide bonds. The number of rotatable bonds is 4. The minimum atomic E-state index is -0.172. The monoisotopic (exact) mass is 343 g/mol. The van der Waals surface area contributed by atoms with Crippen LogP contribution in [0.15, 0.2) is 12.3 Å². The molecule has 7 nitrogen and oxygen atoms in total. The molecule has 2 aliphatic rings. The SMILES string of the molecule is CCO[C@@H]1C[C@H](NC(=O)Nc2cnc3c(c2)c(C)nn3C)C12CCC2.